The second kappa shape index (κ2) is 7.03. The topological polar surface area (TPSA) is 8.17 Å². The first kappa shape index (κ1) is 17.8. The average molecular weight is 399 g/mol. The van der Waals surface area contributed by atoms with Gasteiger partial charge in [-0.05, 0) is 36.4 Å². The van der Waals surface area contributed by atoms with Gasteiger partial charge in [0.15, 0.2) is 0 Å². The first-order valence-corrected chi connectivity index (χ1v) is 10.6. The molecule has 0 N–H and O–H groups in total. The van der Waals surface area contributed by atoms with Gasteiger partial charge in [-0.15, -0.1) is 0 Å². The van der Waals surface area contributed by atoms with Crippen LogP contribution in [0.15, 0.2) is 115 Å². The minimum Gasteiger partial charge on any atom is -0.344 e. The predicted octanol–water partition coefficient (Wildman–Crippen LogP) is 7.70. The van der Waals surface area contributed by atoms with Gasteiger partial charge in [-0.3, -0.25) is 0 Å². The van der Waals surface area contributed by atoms with Crippen LogP contribution in [0.5, 0.6) is 0 Å². The molecule has 6 aromatic rings. The normalized spacial score (nSPS) is 11.4. The van der Waals surface area contributed by atoms with Crippen molar-refractivity contribution in [3.63, 3.8) is 0 Å². The summed E-state index contributed by atoms with van der Waals surface area (Å²) in [5.41, 5.74) is 6.05. The van der Waals surface area contributed by atoms with Crippen molar-refractivity contribution < 1.29 is 0 Å². The summed E-state index contributed by atoms with van der Waals surface area (Å²) in [5.74, 6) is 0. The molecule has 0 bridgehead atoms. The number of hydrogen-bond donors (Lipinski definition) is 0. The van der Waals surface area contributed by atoms with Crippen LogP contribution in [0.3, 0.4) is 0 Å². The summed E-state index contributed by atoms with van der Waals surface area (Å²) in [7, 11) is 2.14. The Bertz CT molecular complexity index is 1490. The summed E-state index contributed by atoms with van der Waals surface area (Å²) < 4.78 is 2.40. The molecule has 0 aliphatic rings. The third-order valence-electron chi connectivity index (χ3n) is 6.20. The minimum absolute atomic E-state index is 1.18. The van der Waals surface area contributed by atoms with E-state index >= 15 is 0 Å². The molecule has 0 atom stereocenters. The van der Waals surface area contributed by atoms with Gasteiger partial charge in [0.2, 0.25) is 0 Å². The highest BCUT2D eigenvalue weighted by Crippen LogP contribution is 2.37. The van der Waals surface area contributed by atoms with E-state index < -0.39 is 0 Å². The van der Waals surface area contributed by atoms with E-state index in [9.17, 15) is 0 Å². The molecule has 0 saturated heterocycles. The van der Waals surface area contributed by atoms with E-state index in [0.717, 1.165) is 0 Å². The maximum atomic E-state index is 2.40. The molecular weight excluding hydrogens is 376 g/mol. The second-order valence-electron chi connectivity index (χ2n) is 7.91. The van der Waals surface area contributed by atoms with E-state index in [1.165, 1.54) is 49.6 Å². The molecule has 0 fully saturated rings. The Kier molecular flexibility index (Phi) is 4.03. The first-order chi connectivity index (χ1) is 15.3. The van der Waals surface area contributed by atoms with Crippen molar-refractivity contribution in [2.24, 2.45) is 0 Å². The number of hydrogen-bond acceptors (Lipinski definition) is 1. The Hall–Kier alpha value is -4.04. The summed E-state index contributed by atoms with van der Waals surface area (Å²) in [6.45, 7) is 0. The van der Waals surface area contributed by atoms with Gasteiger partial charge in [0.25, 0.3) is 0 Å². The number of nitrogens with zero attached hydrogens (tertiary/aromatic N) is 2. The number of para-hydroxylation sites is 3. The van der Waals surface area contributed by atoms with E-state index in [4.69, 9.17) is 0 Å². The average Bonchev–Trinajstić information content (AvgIpc) is 3.18. The van der Waals surface area contributed by atoms with Crippen molar-refractivity contribution in [1.82, 2.24) is 4.57 Å². The summed E-state index contributed by atoms with van der Waals surface area (Å²) in [5, 5.41) is 5.06. The smallest absolute Gasteiger partial charge is 0.0541 e. The lowest BCUT2D eigenvalue weighted by Gasteiger charge is -2.22. The lowest BCUT2D eigenvalue weighted by atomic mass is 10.1. The van der Waals surface area contributed by atoms with E-state index in [1.54, 1.807) is 0 Å². The van der Waals surface area contributed by atoms with Crippen molar-refractivity contribution in [3.8, 4) is 5.69 Å². The van der Waals surface area contributed by atoms with Gasteiger partial charge in [0, 0.05) is 40.0 Å². The van der Waals surface area contributed by atoms with Crippen LogP contribution in [0.25, 0.3) is 38.3 Å². The van der Waals surface area contributed by atoms with Crippen LogP contribution < -0.4 is 4.90 Å². The first-order valence-electron chi connectivity index (χ1n) is 10.6. The molecule has 0 aliphatic heterocycles. The maximum Gasteiger partial charge on any atom is 0.0541 e. The van der Waals surface area contributed by atoms with Gasteiger partial charge in [-0.1, -0.05) is 78.9 Å². The largest absolute Gasteiger partial charge is 0.344 e. The summed E-state index contributed by atoms with van der Waals surface area (Å²) in [4.78, 5) is 2.26. The third-order valence-corrected chi connectivity index (χ3v) is 6.20. The molecule has 0 amide bonds. The number of aromatic nitrogens is 1. The number of anilines is 2. The fourth-order valence-electron chi connectivity index (χ4n) is 4.74. The molecule has 1 aromatic heterocycles. The van der Waals surface area contributed by atoms with Crippen molar-refractivity contribution in [1.29, 1.82) is 0 Å². The van der Waals surface area contributed by atoms with Crippen LogP contribution in [-0.4, -0.2) is 11.6 Å². The standard InChI is InChI=1S/C29H22N2/c1-30(21-11-3-2-4-12-21)26-19-9-16-25-22(26)15-10-20-29(25)31-27-17-7-5-13-23(27)24-14-6-8-18-28(24)31/h2-20H,1H3. The van der Waals surface area contributed by atoms with Crippen molar-refractivity contribution >= 4 is 44.0 Å². The van der Waals surface area contributed by atoms with Gasteiger partial charge in [0.1, 0.15) is 0 Å². The van der Waals surface area contributed by atoms with Crippen molar-refractivity contribution in [3.05, 3.63) is 115 Å². The van der Waals surface area contributed by atoms with Crippen LogP contribution >= 0.6 is 0 Å². The van der Waals surface area contributed by atoms with E-state index in [1.807, 2.05) is 0 Å². The van der Waals surface area contributed by atoms with Crippen molar-refractivity contribution in [2.75, 3.05) is 11.9 Å². The molecule has 2 nitrogen and oxygen atoms in total. The monoisotopic (exact) mass is 398 g/mol. The summed E-state index contributed by atoms with van der Waals surface area (Å²) in [6, 6.07) is 41.1. The van der Waals surface area contributed by atoms with E-state index in [0.29, 0.717) is 0 Å². The Balaban J connectivity index is 1.66. The van der Waals surface area contributed by atoms with Gasteiger partial charge in [-0.25, -0.2) is 0 Å². The number of benzene rings is 5. The van der Waals surface area contributed by atoms with Crippen LogP contribution in [0.1, 0.15) is 0 Å². The Morgan fingerprint density at radius 3 is 1.74 bits per heavy atom. The highest BCUT2D eigenvalue weighted by atomic mass is 15.1. The quantitative estimate of drug-likeness (QED) is 0.296. The molecule has 0 unspecified atom stereocenters. The zero-order valence-corrected chi connectivity index (χ0v) is 17.4. The molecule has 6 rings (SSSR count). The van der Waals surface area contributed by atoms with E-state index in [2.05, 4.69) is 132 Å². The number of rotatable bonds is 3. The lowest BCUT2D eigenvalue weighted by Crippen LogP contribution is -2.09. The fourth-order valence-corrected chi connectivity index (χ4v) is 4.74. The van der Waals surface area contributed by atoms with E-state index in [-0.39, 0.29) is 0 Å². The third kappa shape index (κ3) is 2.72. The highest BCUT2D eigenvalue weighted by Gasteiger charge is 2.15. The second-order valence-corrected chi connectivity index (χ2v) is 7.91. The zero-order valence-electron chi connectivity index (χ0n) is 17.4. The highest BCUT2D eigenvalue weighted by molar-refractivity contribution is 6.11. The molecule has 31 heavy (non-hydrogen) atoms. The lowest BCUT2D eigenvalue weighted by molar-refractivity contribution is 1.19. The maximum absolute atomic E-state index is 2.40. The zero-order chi connectivity index (χ0) is 20.8. The number of fused-ring (bicyclic) bond motifs is 4. The minimum atomic E-state index is 1.18. The summed E-state index contributed by atoms with van der Waals surface area (Å²) >= 11 is 0. The molecule has 5 aromatic carbocycles. The predicted molar refractivity (Wildman–Crippen MR) is 133 cm³/mol. The van der Waals surface area contributed by atoms with Crippen LogP contribution in [-0.2, 0) is 0 Å². The van der Waals surface area contributed by atoms with Gasteiger partial charge >= 0.3 is 0 Å². The van der Waals surface area contributed by atoms with Gasteiger partial charge < -0.3 is 9.47 Å². The van der Waals surface area contributed by atoms with Crippen molar-refractivity contribution in [2.45, 2.75) is 0 Å². The Labute approximate surface area is 181 Å². The van der Waals surface area contributed by atoms with Crippen LogP contribution in [0.4, 0.5) is 11.4 Å². The SMILES string of the molecule is CN(c1ccccc1)c1cccc2c(-n3c4ccccc4c4ccccc43)cccc12. The molecule has 148 valence electrons. The molecular formula is C29H22N2. The molecule has 0 radical (unpaired) electrons. The van der Waals surface area contributed by atoms with Gasteiger partial charge in [0.05, 0.1) is 16.7 Å². The summed E-state index contributed by atoms with van der Waals surface area (Å²) in [6.07, 6.45) is 0. The molecule has 1 heterocycles. The van der Waals surface area contributed by atoms with Crippen LogP contribution in [0.2, 0.25) is 0 Å². The molecule has 0 spiro atoms. The Morgan fingerprint density at radius 2 is 1.03 bits per heavy atom. The van der Waals surface area contributed by atoms with Crippen LogP contribution in [0, 0.1) is 0 Å². The van der Waals surface area contributed by atoms with Gasteiger partial charge in [-0.2, -0.15) is 0 Å². The Morgan fingerprint density at radius 1 is 0.484 bits per heavy atom. The fraction of sp³-hybridized carbons (Fsp3) is 0.0345. The molecule has 0 saturated carbocycles. The molecule has 0 aliphatic carbocycles. The molecule has 2 heteroatoms.